The topological polar surface area (TPSA) is 73.9 Å². The van der Waals surface area contributed by atoms with E-state index in [4.69, 9.17) is 6.42 Å². The lowest BCUT2D eigenvalue weighted by molar-refractivity contribution is 0.429. The number of H-pyrrole nitrogens is 1. The van der Waals surface area contributed by atoms with Gasteiger partial charge in [-0.15, -0.1) is 6.42 Å². The standard InChI is InChI=1S/C26H23F2N5O/c1-3-6-16-14-33(12-11-29-16)25-19-13-30-23(22(28)24(19)31-26(34)32-25)18-8-5-7-15-9-10-20(27)17(4-2)21(15)18/h2,5,7-10,13,16,29H,3,6,11-12,14H2,1H3,(H,31,32,34). The first-order valence-corrected chi connectivity index (χ1v) is 11.3. The molecule has 0 spiro atoms. The molecule has 0 aliphatic carbocycles. The minimum atomic E-state index is -0.710. The number of terminal acetylenes is 1. The Morgan fingerprint density at radius 1 is 1.26 bits per heavy atom. The predicted molar refractivity (Wildman–Crippen MR) is 130 cm³/mol. The number of benzene rings is 2. The van der Waals surface area contributed by atoms with Crippen molar-refractivity contribution in [3.05, 3.63) is 64.2 Å². The highest BCUT2D eigenvalue weighted by Crippen LogP contribution is 2.35. The summed E-state index contributed by atoms with van der Waals surface area (Å²) < 4.78 is 30.4. The monoisotopic (exact) mass is 459 g/mol. The Morgan fingerprint density at radius 2 is 2.12 bits per heavy atom. The van der Waals surface area contributed by atoms with Crippen LogP contribution in [0.4, 0.5) is 14.6 Å². The van der Waals surface area contributed by atoms with Gasteiger partial charge in [-0.3, -0.25) is 4.98 Å². The van der Waals surface area contributed by atoms with Gasteiger partial charge in [0.1, 0.15) is 17.3 Å². The fourth-order valence-corrected chi connectivity index (χ4v) is 4.75. The Kier molecular flexibility index (Phi) is 5.72. The van der Waals surface area contributed by atoms with Gasteiger partial charge in [0.05, 0.1) is 16.5 Å². The van der Waals surface area contributed by atoms with Gasteiger partial charge in [0, 0.05) is 42.8 Å². The van der Waals surface area contributed by atoms with Crippen molar-refractivity contribution < 1.29 is 8.78 Å². The second kappa shape index (κ2) is 8.84. The summed E-state index contributed by atoms with van der Waals surface area (Å²) in [5.41, 5.74) is -0.245. The third kappa shape index (κ3) is 3.68. The molecule has 3 heterocycles. The molecule has 1 fully saturated rings. The van der Waals surface area contributed by atoms with E-state index in [0.29, 0.717) is 40.6 Å². The zero-order valence-electron chi connectivity index (χ0n) is 18.7. The molecular formula is C26H23F2N5O. The first kappa shape index (κ1) is 22.0. The SMILES string of the molecule is C#Cc1c(F)ccc2cccc(-c3ncc4c(N5CCNC(CCC)C5)nc(=O)[nH]c4c3F)c12. The van der Waals surface area contributed by atoms with E-state index in [-0.39, 0.29) is 22.8 Å². The number of nitrogens with zero attached hydrogens (tertiary/aromatic N) is 3. The average molecular weight is 460 g/mol. The molecule has 0 radical (unpaired) electrons. The van der Waals surface area contributed by atoms with Crippen LogP contribution in [0.5, 0.6) is 0 Å². The number of anilines is 1. The molecule has 4 aromatic rings. The molecule has 0 saturated carbocycles. The van der Waals surface area contributed by atoms with Crippen LogP contribution in [0.1, 0.15) is 25.3 Å². The van der Waals surface area contributed by atoms with Crippen LogP contribution in [-0.2, 0) is 0 Å². The molecular weight excluding hydrogens is 436 g/mol. The summed E-state index contributed by atoms with van der Waals surface area (Å²) in [6.07, 6.45) is 9.10. The lowest BCUT2D eigenvalue weighted by atomic mass is 9.96. The van der Waals surface area contributed by atoms with Crippen molar-refractivity contribution in [1.29, 1.82) is 0 Å². The molecule has 1 unspecified atom stereocenters. The van der Waals surface area contributed by atoms with E-state index in [1.54, 1.807) is 24.3 Å². The maximum Gasteiger partial charge on any atom is 0.347 e. The lowest BCUT2D eigenvalue weighted by Gasteiger charge is -2.34. The molecule has 0 bridgehead atoms. The molecule has 0 amide bonds. The Morgan fingerprint density at radius 3 is 2.91 bits per heavy atom. The number of aromatic amines is 1. The van der Waals surface area contributed by atoms with Gasteiger partial charge < -0.3 is 15.2 Å². The van der Waals surface area contributed by atoms with E-state index in [0.717, 1.165) is 19.4 Å². The van der Waals surface area contributed by atoms with Crippen LogP contribution in [0.25, 0.3) is 32.9 Å². The highest BCUT2D eigenvalue weighted by Gasteiger charge is 2.24. The van der Waals surface area contributed by atoms with Crippen molar-refractivity contribution in [2.24, 2.45) is 0 Å². The van der Waals surface area contributed by atoms with Gasteiger partial charge in [-0.1, -0.05) is 43.5 Å². The summed E-state index contributed by atoms with van der Waals surface area (Å²) in [6, 6.07) is 8.30. The quantitative estimate of drug-likeness (QED) is 0.452. The fraction of sp³-hybridized carbons (Fsp3) is 0.269. The Bertz CT molecular complexity index is 1510. The Balaban J connectivity index is 1.70. The van der Waals surface area contributed by atoms with Crippen LogP contribution in [0.15, 0.2) is 41.3 Å². The van der Waals surface area contributed by atoms with Gasteiger partial charge in [-0.05, 0) is 17.9 Å². The number of hydrogen-bond donors (Lipinski definition) is 2. The summed E-state index contributed by atoms with van der Waals surface area (Å²) in [5, 5.41) is 4.95. The fourth-order valence-electron chi connectivity index (χ4n) is 4.75. The molecule has 34 heavy (non-hydrogen) atoms. The summed E-state index contributed by atoms with van der Waals surface area (Å²) in [4.78, 5) is 25.5. The van der Waals surface area contributed by atoms with Gasteiger partial charge >= 0.3 is 5.69 Å². The molecule has 1 saturated heterocycles. The highest BCUT2D eigenvalue weighted by molar-refractivity contribution is 6.02. The average Bonchev–Trinajstić information content (AvgIpc) is 2.84. The van der Waals surface area contributed by atoms with Crippen LogP contribution in [-0.4, -0.2) is 40.6 Å². The van der Waals surface area contributed by atoms with Gasteiger partial charge in [0.2, 0.25) is 0 Å². The lowest BCUT2D eigenvalue weighted by Crippen LogP contribution is -2.51. The molecule has 1 aliphatic heterocycles. The molecule has 172 valence electrons. The predicted octanol–water partition coefficient (Wildman–Crippen LogP) is 3.98. The van der Waals surface area contributed by atoms with Crippen LogP contribution < -0.4 is 15.9 Å². The second-order valence-corrected chi connectivity index (χ2v) is 8.43. The normalized spacial score (nSPS) is 16.2. The largest absolute Gasteiger partial charge is 0.353 e. The van der Waals surface area contributed by atoms with Gasteiger partial charge in [0.25, 0.3) is 0 Å². The number of fused-ring (bicyclic) bond motifs is 2. The van der Waals surface area contributed by atoms with Crippen molar-refractivity contribution in [1.82, 2.24) is 20.3 Å². The first-order valence-electron chi connectivity index (χ1n) is 11.3. The summed E-state index contributed by atoms with van der Waals surface area (Å²) in [7, 11) is 0. The van der Waals surface area contributed by atoms with E-state index in [2.05, 4.69) is 33.1 Å². The molecule has 6 nitrogen and oxygen atoms in total. The maximum absolute atomic E-state index is 15.9. The Labute approximate surface area is 195 Å². The number of piperazine rings is 1. The molecule has 1 aliphatic rings. The van der Waals surface area contributed by atoms with E-state index in [1.165, 1.54) is 12.3 Å². The molecule has 2 N–H and O–H groups in total. The zero-order valence-corrected chi connectivity index (χ0v) is 18.7. The van der Waals surface area contributed by atoms with Crippen LogP contribution in [0.3, 0.4) is 0 Å². The number of aromatic nitrogens is 3. The van der Waals surface area contributed by atoms with Crippen molar-refractivity contribution in [3.8, 4) is 23.6 Å². The molecule has 1 atom stereocenters. The molecule has 2 aromatic heterocycles. The number of rotatable bonds is 4. The number of pyridine rings is 1. The summed E-state index contributed by atoms with van der Waals surface area (Å²) >= 11 is 0. The molecule has 5 rings (SSSR count). The number of halogens is 2. The van der Waals surface area contributed by atoms with Gasteiger partial charge in [-0.25, -0.2) is 13.6 Å². The smallest absolute Gasteiger partial charge is 0.347 e. The second-order valence-electron chi connectivity index (χ2n) is 8.43. The number of hydrogen-bond acceptors (Lipinski definition) is 5. The van der Waals surface area contributed by atoms with Gasteiger partial charge in [-0.2, -0.15) is 4.98 Å². The zero-order chi connectivity index (χ0) is 23.8. The van der Waals surface area contributed by atoms with E-state index in [1.807, 2.05) is 4.90 Å². The van der Waals surface area contributed by atoms with Crippen LogP contribution >= 0.6 is 0 Å². The molecule has 2 aromatic carbocycles. The van der Waals surface area contributed by atoms with Crippen molar-refractivity contribution >= 4 is 27.5 Å². The third-order valence-corrected chi connectivity index (χ3v) is 6.29. The van der Waals surface area contributed by atoms with E-state index < -0.39 is 17.3 Å². The van der Waals surface area contributed by atoms with E-state index >= 15 is 4.39 Å². The number of nitrogens with one attached hydrogen (secondary N) is 2. The molecule has 8 heteroatoms. The van der Waals surface area contributed by atoms with Gasteiger partial charge in [0.15, 0.2) is 5.82 Å². The maximum atomic E-state index is 15.9. The van der Waals surface area contributed by atoms with E-state index in [9.17, 15) is 9.18 Å². The highest BCUT2D eigenvalue weighted by atomic mass is 19.1. The first-order chi connectivity index (χ1) is 16.5. The van der Waals surface area contributed by atoms with Crippen LogP contribution in [0.2, 0.25) is 0 Å². The summed E-state index contributed by atoms with van der Waals surface area (Å²) in [6.45, 7) is 4.16. The summed E-state index contributed by atoms with van der Waals surface area (Å²) in [5.74, 6) is 1.51. The third-order valence-electron chi connectivity index (χ3n) is 6.29. The minimum absolute atomic E-state index is 0.0150. The van der Waals surface area contributed by atoms with Crippen LogP contribution in [0, 0.1) is 24.0 Å². The Hall–Kier alpha value is -3.83. The van der Waals surface area contributed by atoms with Crippen molar-refractivity contribution in [2.75, 3.05) is 24.5 Å². The van der Waals surface area contributed by atoms with Crippen molar-refractivity contribution in [2.45, 2.75) is 25.8 Å². The minimum Gasteiger partial charge on any atom is -0.353 e. The van der Waals surface area contributed by atoms with Crippen molar-refractivity contribution in [3.63, 3.8) is 0 Å².